The Morgan fingerprint density at radius 1 is 0.912 bits per heavy atom. The van der Waals surface area contributed by atoms with E-state index >= 15 is 0 Å². The van der Waals surface area contributed by atoms with Crippen LogP contribution < -0.4 is 9.21 Å². The third-order valence-corrected chi connectivity index (χ3v) is 7.53. The van der Waals surface area contributed by atoms with E-state index in [1.165, 1.54) is 24.1 Å². The fourth-order valence-electron chi connectivity index (χ4n) is 3.16. The zero-order valence-electron chi connectivity index (χ0n) is 18.4. The number of amides is 1. The van der Waals surface area contributed by atoms with Crippen LogP contribution in [0.5, 0.6) is 0 Å². The third kappa shape index (κ3) is 5.70. The number of hydrogen-bond acceptors (Lipinski definition) is 5. The van der Waals surface area contributed by atoms with Crippen LogP contribution in [0.3, 0.4) is 0 Å². The van der Waals surface area contributed by atoms with E-state index < -0.39 is 28.5 Å². The number of ether oxygens (including phenoxy) is 1. The lowest BCUT2D eigenvalue weighted by atomic mass is 10.2. The number of rotatable bonds is 8. The van der Waals surface area contributed by atoms with Crippen molar-refractivity contribution in [3.8, 4) is 0 Å². The summed E-state index contributed by atoms with van der Waals surface area (Å²) in [6, 6.07) is 19.0. The van der Waals surface area contributed by atoms with E-state index in [-0.39, 0.29) is 15.5 Å². The summed E-state index contributed by atoms with van der Waals surface area (Å²) in [7, 11) is -2.74. The van der Waals surface area contributed by atoms with Crippen molar-refractivity contribution in [2.24, 2.45) is 0 Å². The van der Waals surface area contributed by atoms with Crippen LogP contribution in [0.4, 0.5) is 11.4 Å². The van der Waals surface area contributed by atoms with E-state index in [0.29, 0.717) is 22.9 Å². The standard InChI is InChI=1S/C24H22Cl2N2O5S/c1-3-28(20-7-5-4-6-8-20)23(29)16-33-24(30)17-9-14-21(26)22(15-17)34(31,32)27(2)19-12-10-18(25)11-13-19/h4-15H,3,16H2,1-2H3. The zero-order valence-corrected chi connectivity index (χ0v) is 20.8. The molecule has 0 N–H and O–H groups in total. The molecule has 0 unspecified atom stereocenters. The number of benzene rings is 3. The highest BCUT2D eigenvalue weighted by molar-refractivity contribution is 7.93. The van der Waals surface area contributed by atoms with Gasteiger partial charge in [-0.3, -0.25) is 9.10 Å². The van der Waals surface area contributed by atoms with E-state index in [4.69, 9.17) is 27.9 Å². The number of carbonyl (C=O) groups excluding carboxylic acids is 2. The first-order chi connectivity index (χ1) is 16.1. The van der Waals surface area contributed by atoms with Crippen LogP contribution in [0.2, 0.25) is 10.0 Å². The van der Waals surface area contributed by atoms with Crippen LogP contribution in [0, 0.1) is 0 Å². The van der Waals surface area contributed by atoms with Gasteiger partial charge in [-0.2, -0.15) is 0 Å². The van der Waals surface area contributed by atoms with Gasteiger partial charge in [0, 0.05) is 24.3 Å². The smallest absolute Gasteiger partial charge is 0.338 e. The largest absolute Gasteiger partial charge is 0.452 e. The van der Waals surface area contributed by atoms with Gasteiger partial charge in [0.2, 0.25) is 0 Å². The molecule has 0 saturated carbocycles. The molecule has 0 radical (unpaired) electrons. The van der Waals surface area contributed by atoms with Crippen molar-refractivity contribution >= 4 is 56.5 Å². The van der Waals surface area contributed by atoms with Crippen LogP contribution >= 0.6 is 23.2 Å². The van der Waals surface area contributed by atoms with Crippen molar-refractivity contribution in [3.63, 3.8) is 0 Å². The minimum Gasteiger partial charge on any atom is -0.452 e. The second kappa shape index (κ2) is 10.9. The third-order valence-electron chi connectivity index (χ3n) is 5.01. The average molecular weight is 521 g/mol. The van der Waals surface area contributed by atoms with Crippen LogP contribution in [0.25, 0.3) is 0 Å². The van der Waals surface area contributed by atoms with Gasteiger partial charge in [0.1, 0.15) is 4.90 Å². The van der Waals surface area contributed by atoms with Gasteiger partial charge in [-0.05, 0) is 61.5 Å². The molecule has 0 heterocycles. The Morgan fingerprint density at radius 3 is 2.18 bits per heavy atom. The highest BCUT2D eigenvalue weighted by Crippen LogP contribution is 2.29. The summed E-state index contributed by atoms with van der Waals surface area (Å²) in [4.78, 5) is 26.4. The number of halogens is 2. The number of esters is 1. The number of para-hydroxylation sites is 1. The van der Waals surface area contributed by atoms with E-state index in [2.05, 4.69) is 0 Å². The SMILES string of the molecule is CCN(C(=O)COC(=O)c1ccc(Cl)c(S(=O)(=O)N(C)c2ccc(Cl)cc2)c1)c1ccccc1. The summed E-state index contributed by atoms with van der Waals surface area (Å²) in [6.45, 7) is 1.69. The van der Waals surface area contributed by atoms with Gasteiger partial charge in [0.25, 0.3) is 15.9 Å². The summed E-state index contributed by atoms with van der Waals surface area (Å²) in [5.74, 6) is -1.26. The van der Waals surface area contributed by atoms with Gasteiger partial charge in [-0.15, -0.1) is 0 Å². The maximum Gasteiger partial charge on any atom is 0.338 e. The quantitative estimate of drug-likeness (QED) is 0.389. The summed E-state index contributed by atoms with van der Waals surface area (Å²) < 4.78 is 32.5. The molecule has 7 nitrogen and oxygen atoms in total. The lowest BCUT2D eigenvalue weighted by Crippen LogP contribution is -2.34. The van der Waals surface area contributed by atoms with E-state index in [1.807, 2.05) is 6.07 Å². The van der Waals surface area contributed by atoms with Crippen molar-refractivity contribution < 1.29 is 22.7 Å². The van der Waals surface area contributed by atoms with Gasteiger partial charge in [0.05, 0.1) is 16.3 Å². The monoisotopic (exact) mass is 520 g/mol. The highest BCUT2D eigenvalue weighted by Gasteiger charge is 2.26. The molecule has 34 heavy (non-hydrogen) atoms. The molecule has 10 heteroatoms. The summed E-state index contributed by atoms with van der Waals surface area (Å²) in [6.07, 6.45) is 0. The second-order valence-corrected chi connectivity index (χ2v) is 9.93. The molecule has 0 aliphatic heterocycles. The first kappa shape index (κ1) is 25.6. The number of anilines is 2. The highest BCUT2D eigenvalue weighted by atomic mass is 35.5. The van der Waals surface area contributed by atoms with Crippen molar-refractivity contribution in [1.82, 2.24) is 0 Å². The fraction of sp³-hybridized carbons (Fsp3) is 0.167. The second-order valence-electron chi connectivity index (χ2n) is 7.14. The molecule has 178 valence electrons. The Hall–Kier alpha value is -3.07. The number of nitrogens with zero attached hydrogens (tertiary/aromatic N) is 2. The molecule has 0 aliphatic carbocycles. The Morgan fingerprint density at radius 2 is 1.56 bits per heavy atom. The van der Waals surface area contributed by atoms with Gasteiger partial charge in [-0.25, -0.2) is 13.2 Å². The van der Waals surface area contributed by atoms with Crippen molar-refractivity contribution in [2.45, 2.75) is 11.8 Å². The molecule has 0 saturated heterocycles. The molecule has 0 fully saturated rings. The van der Waals surface area contributed by atoms with Gasteiger partial charge < -0.3 is 9.64 Å². The van der Waals surface area contributed by atoms with Crippen molar-refractivity contribution in [2.75, 3.05) is 29.4 Å². The lowest BCUT2D eigenvalue weighted by molar-refractivity contribution is -0.121. The molecule has 3 aromatic rings. The fourth-order valence-corrected chi connectivity index (χ4v) is 4.99. The molecule has 3 rings (SSSR count). The van der Waals surface area contributed by atoms with Crippen LogP contribution in [-0.2, 0) is 19.6 Å². The van der Waals surface area contributed by atoms with Gasteiger partial charge in [0.15, 0.2) is 6.61 Å². The van der Waals surface area contributed by atoms with E-state index in [9.17, 15) is 18.0 Å². The molecule has 0 aliphatic rings. The van der Waals surface area contributed by atoms with Crippen LogP contribution in [0.1, 0.15) is 17.3 Å². The number of likely N-dealkylation sites (N-methyl/N-ethyl adjacent to an activating group) is 1. The lowest BCUT2D eigenvalue weighted by Gasteiger charge is -2.21. The Labute approximate surface area is 208 Å². The molecule has 0 aromatic heterocycles. The van der Waals surface area contributed by atoms with E-state index in [1.54, 1.807) is 55.5 Å². The number of sulfonamides is 1. The zero-order chi connectivity index (χ0) is 24.9. The van der Waals surface area contributed by atoms with Crippen LogP contribution in [0.15, 0.2) is 77.7 Å². The normalized spacial score (nSPS) is 11.1. The van der Waals surface area contributed by atoms with Gasteiger partial charge in [-0.1, -0.05) is 41.4 Å². The van der Waals surface area contributed by atoms with Gasteiger partial charge >= 0.3 is 5.97 Å². The molecular weight excluding hydrogens is 499 g/mol. The minimum absolute atomic E-state index is 0.0527. The first-order valence-electron chi connectivity index (χ1n) is 10.2. The molecule has 1 amide bonds. The Balaban J connectivity index is 1.78. The number of hydrogen-bond donors (Lipinski definition) is 0. The van der Waals surface area contributed by atoms with E-state index in [0.717, 1.165) is 10.4 Å². The minimum atomic E-state index is -4.10. The predicted molar refractivity (Wildman–Crippen MR) is 133 cm³/mol. The summed E-state index contributed by atoms with van der Waals surface area (Å²) >= 11 is 12.0. The maximum atomic E-state index is 13.2. The van der Waals surface area contributed by atoms with Crippen molar-refractivity contribution in [1.29, 1.82) is 0 Å². The summed E-state index contributed by atoms with van der Waals surface area (Å²) in [5, 5.41) is 0.399. The average Bonchev–Trinajstić information content (AvgIpc) is 2.84. The molecule has 0 spiro atoms. The molecule has 0 atom stereocenters. The number of carbonyl (C=O) groups is 2. The topological polar surface area (TPSA) is 84.0 Å². The van der Waals surface area contributed by atoms with Crippen molar-refractivity contribution in [3.05, 3.63) is 88.4 Å². The molecule has 3 aromatic carbocycles. The molecular formula is C24H22Cl2N2O5S. The van der Waals surface area contributed by atoms with Crippen LogP contribution in [-0.4, -0.2) is 40.5 Å². The Kier molecular flexibility index (Phi) is 8.19. The Bertz CT molecular complexity index is 1280. The maximum absolute atomic E-state index is 13.2. The molecule has 0 bridgehead atoms. The first-order valence-corrected chi connectivity index (χ1v) is 12.4. The predicted octanol–water partition coefficient (Wildman–Crippen LogP) is 5.03. The summed E-state index contributed by atoms with van der Waals surface area (Å²) in [5.41, 5.74) is 0.985.